The first-order valence-electron chi connectivity index (χ1n) is 6.25. The molecule has 2 rings (SSSR count). The van der Waals surface area contributed by atoms with Crippen LogP contribution in [0.5, 0.6) is 0 Å². The average molecular weight is 282 g/mol. The SMILES string of the molecule is CN(Cc1ccc(N)c([N+](=O)[O-])c1)c1ccc(C#N)cc1. The van der Waals surface area contributed by atoms with Gasteiger partial charge in [0.05, 0.1) is 16.6 Å². The van der Waals surface area contributed by atoms with Crippen molar-refractivity contribution < 1.29 is 4.92 Å². The Bertz CT molecular complexity index is 705. The molecule has 0 aliphatic heterocycles. The first-order valence-corrected chi connectivity index (χ1v) is 6.25. The van der Waals surface area contributed by atoms with Crippen molar-refractivity contribution in [1.29, 1.82) is 5.26 Å². The third-order valence-electron chi connectivity index (χ3n) is 3.15. The third-order valence-corrected chi connectivity index (χ3v) is 3.15. The Morgan fingerprint density at radius 2 is 1.95 bits per heavy atom. The molecule has 0 saturated carbocycles. The predicted octanol–water partition coefficient (Wildman–Crippen LogP) is 2.69. The highest BCUT2D eigenvalue weighted by Crippen LogP contribution is 2.24. The van der Waals surface area contributed by atoms with Gasteiger partial charge in [0.25, 0.3) is 5.69 Å². The van der Waals surface area contributed by atoms with E-state index in [1.807, 2.05) is 24.1 Å². The number of nitrogens with two attached hydrogens (primary N) is 1. The van der Waals surface area contributed by atoms with E-state index in [2.05, 4.69) is 6.07 Å². The number of nitro benzene ring substituents is 1. The smallest absolute Gasteiger partial charge is 0.292 e. The summed E-state index contributed by atoms with van der Waals surface area (Å²) in [5.74, 6) is 0. The molecule has 0 radical (unpaired) electrons. The lowest BCUT2D eigenvalue weighted by Gasteiger charge is -2.19. The van der Waals surface area contributed by atoms with Crippen LogP contribution in [0.15, 0.2) is 42.5 Å². The highest BCUT2D eigenvalue weighted by molar-refractivity contribution is 5.59. The molecule has 0 heterocycles. The summed E-state index contributed by atoms with van der Waals surface area (Å²) in [5.41, 5.74) is 7.96. The number of nitrogen functional groups attached to an aromatic ring is 1. The number of nitrogens with zero attached hydrogens (tertiary/aromatic N) is 3. The molecule has 6 nitrogen and oxygen atoms in total. The van der Waals surface area contributed by atoms with Crippen molar-refractivity contribution in [3.63, 3.8) is 0 Å². The molecule has 21 heavy (non-hydrogen) atoms. The van der Waals surface area contributed by atoms with Gasteiger partial charge in [-0.3, -0.25) is 10.1 Å². The Morgan fingerprint density at radius 1 is 1.29 bits per heavy atom. The normalized spacial score (nSPS) is 9.90. The van der Waals surface area contributed by atoms with Gasteiger partial charge in [0.2, 0.25) is 0 Å². The Morgan fingerprint density at radius 3 is 2.52 bits per heavy atom. The topological polar surface area (TPSA) is 96.2 Å². The van der Waals surface area contributed by atoms with Gasteiger partial charge in [-0.05, 0) is 35.9 Å². The monoisotopic (exact) mass is 282 g/mol. The molecule has 2 aromatic rings. The molecule has 0 saturated heterocycles. The summed E-state index contributed by atoms with van der Waals surface area (Å²) < 4.78 is 0. The lowest BCUT2D eigenvalue weighted by Crippen LogP contribution is -2.16. The molecule has 0 fully saturated rings. The average Bonchev–Trinajstić information content (AvgIpc) is 2.49. The van der Waals surface area contributed by atoms with Crippen molar-refractivity contribution in [2.45, 2.75) is 6.54 Å². The fraction of sp³-hybridized carbons (Fsp3) is 0.133. The minimum absolute atomic E-state index is 0.0827. The molecule has 106 valence electrons. The van der Waals surface area contributed by atoms with E-state index < -0.39 is 4.92 Å². The Labute approximate surface area is 122 Å². The summed E-state index contributed by atoms with van der Waals surface area (Å²) in [5, 5.41) is 19.7. The molecule has 6 heteroatoms. The van der Waals surface area contributed by atoms with Crippen LogP contribution < -0.4 is 10.6 Å². The fourth-order valence-electron chi connectivity index (χ4n) is 2.00. The Balaban J connectivity index is 2.19. The van der Waals surface area contributed by atoms with Gasteiger partial charge in [-0.1, -0.05) is 6.07 Å². The van der Waals surface area contributed by atoms with E-state index in [9.17, 15) is 10.1 Å². The van der Waals surface area contributed by atoms with E-state index >= 15 is 0 Å². The number of nitro groups is 1. The highest BCUT2D eigenvalue weighted by Gasteiger charge is 2.12. The maximum absolute atomic E-state index is 10.9. The van der Waals surface area contributed by atoms with Crippen LogP contribution in [0, 0.1) is 21.4 Å². The molecule has 0 aliphatic rings. The molecule has 0 amide bonds. The Kier molecular flexibility index (Phi) is 4.05. The van der Waals surface area contributed by atoms with Crippen molar-refractivity contribution in [1.82, 2.24) is 0 Å². The first kappa shape index (κ1) is 14.3. The second-order valence-electron chi connectivity index (χ2n) is 4.67. The lowest BCUT2D eigenvalue weighted by atomic mass is 10.1. The van der Waals surface area contributed by atoms with Crippen LogP contribution >= 0.6 is 0 Å². The van der Waals surface area contributed by atoms with Crippen LogP contribution in [0.3, 0.4) is 0 Å². The van der Waals surface area contributed by atoms with Crippen LogP contribution in [0.2, 0.25) is 0 Å². The fourth-order valence-corrected chi connectivity index (χ4v) is 2.00. The summed E-state index contributed by atoms with van der Waals surface area (Å²) in [4.78, 5) is 12.3. The van der Waals surface area contributed by atoms with E-state index in [0.29, 0.717) is 12.1 Å². The van der Waals surface area contributed by atoms with Crippen LogP contribution in [-0.4, -0.2) is 12.0 Å². The van der Waals surface area contributed by atoms with Gasteiger partial charge in [0, 0.05) is 25.3 Å². The minimum atomic E-state index is -0.486. The first-order chi connectivity index (χ1) is 10.0. The zero-order chi connectivity index (χ0) is 15.4. The number of hydrogen-bond acceptors (Lipinski definition) is 5. The van der Waals surface area contributed by atoms with E-state index in [1.54, 1.807) is 24.3 Å². The van der Waals surface area contributed by atoms with E-state index in [4.69, 9.17) is 11.0 Å². The lowest BCUT2D eigenvalue weighted by molar-refractivity contribution is -0.384. The van der Waals surface area contributed by atoms with Gasteiger partial charge >= 0.3 is 0 Å². The van der Waals surface area contributed by atoms with Crippen LogP contribution in [0.1, 0.15) is 11.1 Å². The molecular formula is C15H14N4O2. The minimum Gasteiger partial charge on any atom is -0.393 e. The summed E-state index contributed by atoms with van der Waals surface area (Å²) in [6.45, 7) is 0.507. The standard InChI is InChI=1S/C15H14N4O2/c1-18(13-5-2-11(9-16)3-6-13)10-12-4-7-14(17)15(8-12)19(20)21/h2-8H,10,17H2,1H3. The molecule has 0 aliphatic carbocycles. The summed E-state index contributed by atoms with van der Waals surface area (Å²) in [7, 11) is 1.88. The maximum atomic E-state index is 10.9. The van der Waals surface area contributed by atoms with Crippen molar-refractivity contribution in [2.24, 2.45) is 0 Å². The molecular weight excluding hydrogens is 268 g/mol. The second-order valence-corrected chi connectivity index (χ2v) is 4.67. The van der Waals surface area contributed by atoms with E-state index in [-0.39, 0.29) is 11.4 Å². The van der Waals surface area contributed by atoms with E-state index in [1.165, 1.54) is 6.07 Å². The molecule has 0 bridgehead atoms. The maximum Gasteiger partial charge on any atom is 0.292 e. The molecule has 2 N–H and O–H groups in total. The summed E-state index contributed by atoms with van der Waals surface area (Å²) in [6, 6.07) is 14.0. The number of benzene rings is 2. The van der Waals surface area contributed by atoms with Crippen molar-refractivity contribution >= 4 is 17.1 Å². The zero-order valence-corrected chi connectivity index (χ0v) is 11.5. The molecule has 0 atom stereocenters. The van der Waals surface area contributed by atoms with Crippen LogP contribution in [0.25, 0.3) is 0 Å². The Hall–Kier alpha value is -3.07. The number of anilines is 2. The second kappa shape index (κ2) is 5.92. The quantitative estimate of drug-likeness (QED) is 0.528. The number of nitriles is 1. The third kappa shape index (κ3) is 3.28. The summed E-state index contributed by atoms with van der Waals surface area (Å²) >= 11 is 0. The van der Waals surface area contributed by atoms with Crippen LogP contribution in [0.4, 0.5) is 17.1 Å². The van der Waals surface area contributed by atoms with E-state index in [0.717, 1.165) is 11.3 Å². The molecule has 2 aromatic carbocycles. The molecule has 0 unspecified atom stereocenters. The van der Waals surface area contributed by atoms with Crippen molar-refractivity contribution in [3.8, 4) is 6.07 Å². The van der Waals surface area contributed by atoms with Gasteiger partial charge in [-0.2, -0.15) is 5.26 Å². The summed E-state index contributed by atoms with van der Waals surface area (Å²) in [6.07, 6.45) is 0. The van der Waals surface area contributed by atoms with Gasteiger partial charge < -0.3 is 10.6 Å². The van der Waals surface area contributed by atoms with Gasteiger partial charge in [-0.25, -0.2) is 0 Å². The van der Waals surface area contributed by atoms with Crippen molar-refractivity contribution in [3.05, 3.63) is 63.7 Å². The number of rotatable bonds is 4. The largest absolute Gasteiger partial charge is 0.393 e. The predicted molar refractivity (Wildman–Crippen MR) is 80.8 cm³/mol. The zero-order valence-electron chi connectivity index (χ0n) is 11.5. The van der Waals surface area contributed by atoms with Crippen molar-refractivity contribution in [2.75, 3.05) is 17.7 Å². The number of hydrogen-bond donors (Lipinski definition) is 1. The van der Waals surface area contributed by atoms with Gasteiger partial charge in [-0.15, -0.1) is 0 Å². The van der Waals surface area contributed by atoms with Crippen LogP contribution in [-0.2, 0) is 6.54 Å². The van der Waals surface area contributed by atoms with Gasteiger partial charge in [0.15, 0.2) is 0 Å². The molecule has 0 spiro atoms. The van der Waals surface area contributed by atoms with Gasteiger partial charge in [0.1, 0.15) is 5.69 Å². The molecule has 0 aromatic heterocycles. The highest BCUT2D eigenvalue weighted by atomic mass is 16.6.